The van der Waals surface area contributed by atoms with Crippen LogP contribution < -0.4 is 0 Å². The summed E-state index contributed by atoms with van der Waals surface area (Å²) in [6, 6.07) is 0. The van der Waals surface area contributed by atoms with Crippen molar-refractivity contribution in [2.45, 2.75) is 65.7 Å². The SMILES string of the molecule is CCCC=CC(CCC)CCCC. The molecule has 1 atom stereocenters. The maximum absolute atomic E-state index is 2.45. The Hall–Kier alpha value is -0.260. The van der Waals surface area contributed by atoms with Crippen LogP contribution in [0.15, 0.2) is 12.2 Å². The van der Waals surface area contributed by atoms with E-state index >= 15 is 0 Å². The van der Waals surface area contributed by atoms with Crippen molar-refractivity contribution < 1.29 is 0 Å². The van der Waals surface area contributed by atoms with E-state index in [1.165, 1.54) is 44.9 Å². The Balaban J connectivity index is 3.64. The lowest BCUT2D eigenvalue weighted by molar-refractivity contribution is 0.511. The molecule has 0 spiro atoms. The van der Waals surface area contributed by atoms with Crippen molar-refractivity contribution in [3.8, 4) is 0 Å². The Morgan fingerprint density at radius 2 is 1.69 bits per heavy atom. The first-order valence-corrected chi connectivity index (χ1v) is 6.01. The number of unbranched alkanes of at least 4 members (excludes halogenated alkanes) is 2. The second kappa shape index (κ2) is 9.83. The van der Waals surface area contributed by atoms with Crippen LogP contribution in [0.3, 0.4) is 0 Å². The van der Waals surface area contributed by atoms with E-state index in [4.69, 9.17) is 0 Å². The summed E-state index contributed by atoms with van der Waals surface area (Å²) in [5, 5.41) is 0. The molecule has 0 aliphatic heterocycles. The highest BCUT2D eigenvalue weighted by molar-refractivity contribution is 4.87. The summed E-state index contributed by atoms with van der Waals surface area (Å²) < 4.78 is 0. The van der Waals surface area contributed by atoms with Crippen molar-refractivity contribution in [1.29, 1.82) is 0 Å². The van der Waals surface area contributed by atoms with Crippen LogP contribution in [-0.4, -0.2) is 0 Å². The van der Waals surface area contributed by atoms with Crippen molar-refractivity contribution in [2.75, 3.05) is 0 Å². The molecule has 0 heteroatoms. The van der Waals surface area contributed by atoms with Gasteiger partial charge in [-0.2, -0.15) is 0 Å². The number of hydrogen-bond acceptors (Lipinski definition) is 0. The lowest BCUT2D eigenvalue weighted by Crippen LogP contribution is -1.95. The topological polar surface area (TPSA) is 0 Å². The second-order valence-corrected chi connectivity index (χ2v) is 3.91. The molecule has 0 amide bonds. The van der Waals surface area contributed by atoms with Crippen molar-refractivity contribution in [2.24, 2.45) is 5.92 Å². The predicted molar refractivity (Wildman–Crippen MR) is 62.0 cm³/mol. The summed E-state index contributed by atoms with van der Waals surface area (Å²) in [4.78, 5) is 0. The van der Waals surface area contributed by atoms with Crippen LogP contribution in [0, 0.1) is 5.92 Å². The van der Waals surface area contributed by atoms with Gasteiger partial charge in [-0.25, -0.2) is 0 Å². The smallest absolute Gasteiger partial charge is 0.0234 e. The molecule has 0 aromatic rings. The minimum absolute atomic E-state index is 0.858. The monoisotopic (exact) mass is 182 g/mol. The van der Waals surface area contributed by atoms with Crippen molar-refractivity contribution >= 4 is 0 Å². The Morgan fingerprint density at radius 1 is 0.923 bits per heavy atom. The van der Waals surface area contributed by atoms with Gasteiger partial charge in [0.2, 0.25) is 0 Å². The van der Waals surface area contributed by atoms with E-state index in [-0.39, 0.29) is 0 Å². The molecule has 0 saturated carbocycles. The van der Waals surface area contributed by atoms with Crippen LogP contribution in [0.2, 0.25) is 0 Å². The van der Waals surface area contributed by atoms with Gasteiger partial charge in [0.25, 0.3) is 0 Å². The second-order valence-electron chi connectivity index (χ2n) is 3.91. The molecule has 0 aliphatic rings. The Labute approximate surface area is 84.4 Å². The van der Waals surface area contributed by atoms with Crippen LogP contribution in [0.5, 0.6) is 0 Å². The number of allylic oxidation sites excluding steroid dienone is 2. The molecule has 0 radical (unpaired) electrons. The molecule has 0 heterocycles. The molecular weight excluding hydrogens is 156 g/mol. The maximum atomic E-state index is 2.45. The molecule has 0 bridgehead atoms. The molecular formula is C13H26. The standard InChI is InChI=1S/C13H26/c1-4-7-9-12-13(10-6-3)11-8-5-2/h9,12-13H,4-8,10-11H2,1-3H3. The van der Waals surface area contributed by atoms with Crippen molar-refractivity contribution in [3.05, 3.63) is 12.2 Å². The Kier molecular flexibility index (Phi) is 9.63. The first-order chi connectivity index (χ1) is 6.35. The van der Waals surface area contributed by atoms with Gasteiger partial charge < -0.3 is 0 Å². The van der Waals surface area contributed by atoms with E-state index in [2.05, 4.69) is 32.9 Å². The van der Waals surface area contributed by atoms with Gasteiger partial charge in [0.1, 0.15) is 0 Å². The highest BCUT2D eigenvalue weighted by Gasteiger charge is 2.01. The average molecular weight is 182 g/mol. The van der Waals surface area contributed by atoms with Crippen LogP contribution in [0.4, 0.5) is 0 Å². The summed E-state index contributed by atoms with van der Waals surface area (Å²) in [5.41, 5.74) is 0. The molecule has 1 unspecified atom stereocenters. The van der Waals surface area contributed by atoms with Gasteiger partial charge in [-0.15, -0.1) is 0 Å². The van der Waals surface area contributed by atoms with Crippen molar-refractivity contribution in [3.63, 3.8) is 0 Å². The maximum Gasteiger partial charge on any atom is -0.0234 e. The molecule has 0 rings (SSSR count). The zero-order valence-corrected chi connectivity index (χ0v) is 9.68. The lowest BCUT2D eigenvalue weighted by atomic mass is 9.96. The third-order valence-corrected chi connectivity index (χ3v) is 2.45. The first kappa shape index (κ1) is 12.7. The Morgan fingerprint density at radius 3 is 2.23 bits per heavy atom. The number of rotatable bonds is 8. The summed E-state index contributed by atoms with van der Waals surface area (Å²) in [5.74, 6) is 0.858. The predicted octanol–water partition coefficient (Wildman–Crippen LogP) is 4.95. The summed E-state index contributed by atoms with van der Waals surface area (Å²) in [6.45, 7) is 6.80. The van der Waals surface area contributed by atoms with Gasteiger partial charge in [-0.3, -0.25) is 0 Å². The fourth-order valence-corrected chi connectivity index (χ4v) is 1.63. The van der Waals surface area contributed by atoms with Crippen molar-refractivity contribution in [1.82, 2.24) is 0 Å². The minimum Gasteiger partial charge on any atom is -0.0883 e. The quantitative estimate of drug-likeness (QED) is 0.466. The zero-order valence-electron chi connectivity index (χ0n) is 9.68. The van der Waals surface area contributed by atoms with E-state index < -0.39 is 0 Å². The summed E-state index contributed by atoms with van der Waals surface area (Å²) in [7, 11) is 0. The average Bonchev–Trinajstić information content (AvgIpc) is 2.14. The van der Waals surface area contributed by atoms with E-state index in [1.54, 1.807) is 0 Å². The molecule has 0 nitrogen and oxygen atoms in total. The van der Waals surface area contributed by atoms with Gasteiger partial charge in [0, 0.05) is 0 Å². The fourth-order valence-electron chi connectivity index (χ4n) is 1.63. The fraction of sp³-hybridized carbons (Fsp3) is 0.846. The molecule has 78 valence electrons. The lowest BCUT2D eigenvalue weighted by Gasteiger charge is -2.10. The highest BCUT2D eigenvalue weighted by Crippen LogP contribution is 2.16. The van der Waals surface area contributed by atoms with Crippen LogP contribution in [0.25, 0.3) is 0 Å². The summed E-state index contributed by atoms with van der Waals surface area (Å²) >= 11 is 0. The first-order valence-electron chi connectivity index (χ1n) is 6.01. The Bertz CT molecular complexity index is 113. The zero-order chi connectivity index (χ0) is 9.94. The molecule has 0 saturated heterocycles. The van der Waals surface area contributed by atoms with E-state index in [1.807, 2.05) is 0 Å². The molecule has 0 aromatic carbocycles. The third kappa shape index (κ3) is 8.08. The van der Waals surface area contributed by atoms with Gasteiger partial charge >= 0.3 is 0 Å². The van der Waals surface area contributed by atoms with Crippen LogP contribution >= 0.6 is 0 Å². The third-order valence-electron chi connectivity index (χ3n) is 2.45. The molecule has 0 aliphatic carbocycles. The minimum atomic E-state index is 0.858. The van der Waals surface area contributed by atoms with Crippen LogP contribution in [-0.2, 0) is 0 Å². The molecule has 0 aromatic heterocycles. The van der Waals surface area contributed by atoms with Gasteiger partial charge in [-0.1, -0.05) is 58.6 Å². The van der Waals surface area contributed by atoms with Crippen LogP contribution in [0.1, 0.15) is 65.7 Å². The van der Waals surface area contributed by atoms with E-state index in [0.717, 1.165) is 5.92 Å². The van der Waals surface area contributed by atoms with Gasteiger partial charge in [0.15, 0.2) is 0 Å². The highest BCUT2D eigenvalue weighted by atomic mass is 14.1. The van der Waals surface area contributed by atoms with Gasteiger partial charge in [0.05, 0.1) is 0 Å². The largest absolute Gasteiger partial charge is 0.0883 e. The number of hydrogen-bond donors (Lipinski definition) is 0. The normalized spacial score (nSPS) is 13.8. The van der Waals surface area contributed by atoms with Gasteiger partial charge in [-0.05, 0) is 25.2 Å². The molecule has 0 fully saturated rings. The van der Waals surface area contributed by atoms with E-state index in [9.17, 15) is 0 Å². The molecule has 0 N–H and O–H groups in total. The summed E-state index contributed by atoms with van der Waals surface area (Å²) in [6.07, 6.45) is 14.2. The molecule has 13 heavy (non-hydrogen) atoms. The van der Waals surface area contributed by atoms with E-state index in [0.29, 0.717) is 0 Å².